The van der Waals surface area contributed by atoms with Crippen LogP contribution in [0.25, 0.3) is 0 Å². The zero-order chi connectivity index (χ0) is 21.6. The SMILES string of the molecule is O=C(CCCN1C(=O)[C@H](c2ccccc2)Oc2cccnc21)NCc1cccc(Br)c1. The fourth-order valence-electron chi connectivity index (χ4n) is 3.49. The molecule has 1 aliphatic rings. The molecule has 1 aliphatic heterocycles. The Hall–Kier alpha value is -3.19. The molecule has 31 heavy (non-hydrogen) atoms. The average molecular weight is 480 g/mol. The van der Waals surface area contributed by atoms with Crippen molar-refractivity contribution >= 4 is 33.6 Å². The third kappa shape index (κ3) is 5.11. The van der Waals surface area contributed by atoms with Gasteiger partial charge in [-0.25, -0.2) is 4.98 Å². The molecule has 0 spiro atoms. The van der Waals surface area contributed by atoms with Crippen LogP contribution in [-0.4, -0.2) is 23.3 Å². The molecule has 4 rings (SSSR count). The highest BCUT2D eigenvalue weighted by atomic mass is 79.9. The second-order valence-electron chi connectivity index (χ2n) is 7.23. The summed E-state index contributed by atoms with van der Waals surface area (Å²) >= 11 is 3.43. The monoisotopic (exact) mass is 479 g/mol. The lowest BCUT2D eigenvalue weighted by Crippen LogP contribution is -2.42. The first kappa shape index (κ1) is 21.1. The van der Waals surface area contributed by atoms with E-state index in [4.69, 9.17) is 4.74 Å². The van der Waals surface area contributed by atoms with Crippen LogP contribution in [0.5, 0.6) is 5.75 Å². The maximum absolute atomic E-state index is 13.2. The number of carbonyl (C=O) groups excluding carboxylic acids is 2. The molecule has 1 aromatic heterocycles. The maximum Gasteiger partial charge on any atom is 0.274 e. The number of anilines is 1. The normalized spacial score (nSPS) is 15.2. The van der Waals surface area contributed by atoms with Crippen LogP contribution in [-0.2, 0) is 16.1 Å². The number of hydrogen-bond acceptors (Lipinski definition) is 4. The van der Waals surface area contributed by atoms with Gasteiger partial charge in [-0.15, -0.1) is 0 Å². The van der Waals surface area contributed by atoms with E-state index < -0.39 is 6.10 Å². The van der Waals surface area contributed by atoms with Crippen molar-refractivity contribution in [1.29, 1.82) is 0 Å². The van der Waals surface area contributed by atoms with E-state index in [9.17, 15) is 9.59 Å². The lowest BCUT2D eigenvalue weighted by atomic mass is 10.1. The van der Waals surface area contributed by atoms with Crippen LogP contribution < -0.4 is 15.0 Å². The molecule has 2 heterocycles. The van der Waals surface area contributed by atoms with Crippen molar-refractivity contribution in [2.45, 2.75) is 25.5 Å². The molecule has 2 aromatic carbocycles. The molecule has 0 radical (unpaired) electrons. The Bertz CT molecular complexity index is 1070. The maximum atomic E-state index is 13.2. The van der Waals surface area contributed by atoms with E-state index in [1.165, 1.54) is 0 Å². The fourth-order valence-corrected chi connectivity index (χ4v) is 3.94. The van der Waals surface area contributed by atoms with Gasteiger partial charge in [-0.3, -0.25) is 14.5 Å². The largest absolute Gasteiger partial charge is 0.472 e. The van der Waals surface area contributed by atoms with Crippen LogP contribution in [0.2, 0.25) is 0 Å². The summed E-state index contributed by atoms with van der Waals surface area (Å²) in [5.74, 6) is 0.831. The molecule has 0 unspecified atom stereocenters. The third-order valence-corrected chi connectivity index (χ3v) is 5.50. The average Bonchev–Trinajstić information content (AvgIpc) is 2.79. The van der Waals surface area contributed by atoms with E-state index >= 15 is 0 Å². The van der Waals surface area contributed by atoms with Crippen LogP contribution in [0, 0.1) is 0 Å². The minimum atomic E-state index is -0.719. The standard InChI is InChI=1S/C24H22BrN3O3/c25-19-10-4-7-17(15-19)16-27-21(29)12-6-14-28-23-20(11-5-13-26-23)31-22(24(28)30)18-8-2-1-3-9-18/h1-5,7-11,13,15,22H,6,12,14,16H2,(H,27,29)/t22-/m0/s1. The van der Waals surface area contributed by atoms with E-state index in [2.05, 4.69) is 26.2 Å². The van der Waals surface area contributed by atoms with Gasteiger partial charge in [-0.1, -0.05) is 58.4 Å². The number of pyridine rings is 1. The zero-order valence-corrected chi connectivity index (χ0v) is 18.4. The molecule has 0 bridgehead atoms. The van der Waals surface area contributed by atoms with Crippen molar-refractivity contribution in [2.75, 3.05) is 11.4 Å². The minimum absolute atomic E-state index is 0.0541. The summed E-state index contributed by atoms with van der Waals surface area (Å²) in [6.07, 6.45) is 1.75. The predicted molar refractivity (Wildman–Crippen MR) is 122 cm³/mol. The number of fused-ring (bicyclic) bond motifs is 1. The topological polar surface area (TPSA) is 71.5 Å². The van der Waals surface area contributed by atoms with Gasteiger partial charge in [-0.05, 0) is 36.2 Å². The van der Waals surface area contributed by atoms with Gasteiger partial charge in [0.25, 0.3) is 5.91 Å². The van der Waals surface area contributed by atoms with E-state index in [0.29, 0.717) is 37.5 Å². The van der Waals surface area contributed by atoms with Gasteiger partial charge in [0, 0.05) is 35.7 Å². The number of nitrogens with zero attached hydrogens (tertiary/aromatic N) is 2. The van der Waals surface area contributed by atoms with E-state index in [0.717, 1.165) is 15.6 Å². The molecule has 0 saturated heterocycles. The van der Waals surface area contributed by atoms with Crippen LogP contribution in [0.15, 0.2) is 77.4 Å². The number of hydrogen-bond donors (Lipinski definition) is 1. The summed E-state index contributed by atoms with van der Waals surface area (Å²) in [6.45, 7) is 0.856. The summed E-state index contributed by atoms with van der Waals surface area (Å²) in [6, 6.07) is 20.8. The second-order valence-corrected chi connectivity index (χ2v) is 8.15. The molecule has 1 atom stereocenters. The first-order valence-corrected chi connectivity index (χ1v) is 10.9. The molecule has 2 amide bonds. The predicted octanol–water partition coefficient (Wildman–Crippen LogP) is 4.41. The molecular weight excluding hydrogens is 458 g/mol. The van der Waals surface area contributed by atoms with Gasteiger partial charge in [0.2, 0.25) is 12.0 Å². The van der Waals surface area contributed by atoms with Crippen LogP contribution in [0.1, 0.15) is 30.1 Å². The molecule has 7 heteroatoms. The van der Waals surface area contributed by atoms with Gasteiger partial charge >= 0.3 is 0 Å². The lowest BCUT2D eigenvalue weighted by molar-refractivity contribution is -0.127. The highest BCUT2D eigenvalue weighted by Crippen LogP contribution is 2.37. The van der Waals surface area contributed by atoms with E-state index in [-0.39, 0.29) is 11.8 Å². The Morgan fingerprint density at radius 1 is 1.10 bits per heavy atom. The number of rotatable bonds is 7. The number of carbonyl (C=O) groups is 2. The Balaban J connectivity index is 1.38. The number of halogens is 1. The van der Waals surface area contributed by atoms with Crippen molar-refractivity contribution in [3.63, 3.8) is 0 Å². The van der Waals surface area contributed by atoms with Gasteiger partial charge < -0.3 is 10.1 Å². The second kappa shape index (κ2) is 9.75. The fraction of sp³-hybridized carbons (Fsp3) is 0.208. The lowest BCUT2D eigenvalue weighted by Gasteiger charge is -2.33. The van der Waals surface area contributed by atoms with Crippen molar-refractivity contribution in [2.24, 2.45) is 0 Å². The highest BCUT2D eigenvalue weighted by Gasteiger charge is 2.36. The molecule has 0 fully saturated rings. The van der Waals surface area contributed by atoms with Crippen molar-refractivity contribution in [1.82, 2.24) is 10.3 Å². The number of amides is 2. The Morgan fingerprint density at radius 3 is 2.74 bits per heavy atom. The van der Waals surface area contributed by atoms with Crippen LogP contribution in [0.3, 0.4) is 0 Å². The zero-order valence-electron chi connectivity index (χ0n) is 16.8. The van der Waals surface area contributed by atoms with Crippen molar-refractivity contribution < 1.29 is 14.3 Å². The van der Waals surface area contributed by atoms with Gasteiger partial charge in [-0.2, -0.15) is 0 Å². The first-order valence-electron chi connectivity index (χ1n) is 10.1. The Labute approximate surface area is 189 Å². The first-order chi connectivity index (χ1) is 15.1. The molecule has 158 valence electrons. The third-order valence-electron chi connectivity index (χ3n) is 5.01. The van der Waals surface area contributed by atoms with Crippen molar-refractivity contribution in [3.05, 3.63) is 88.5 Å². The van der Waals surface area contributed by atoms with Crippen LogP contribution >= 0.6 is 15.9 Å². The van der Waals surface area contributed by atoms with E-state index in [1.54, 1.807) is 17.2 Å². The summed E-state index contributed by atoms with van der Waals surface area (Å²) in [7, 11) is 0. The van der Waals surface area contributed by atoms with Gasteiger partial charge in [0.15, 0.2) is 11.6 Å². The number of aromatic nitrogens is 1. The minimum Gasteiger partial charge on any atom is -0.472 e. The molecule has 0 aliphatic carbocycles. The van der Waals surface area contributed by atoms with Gasteiger partial charge in [0.1, 0.15) is 0 Å². The van der Waals surface area contributed by atoms with Crippen molar-refractivity contribution in [3.8, 4) is 5.75 Å². The highest BCUT2D eigenvalue weighted by molar-refractivity contribution is 9.10. The van der Waals surface area contributed by atoms with E-state index in [1.807, 2.05) is 60.7 Å². The Morgan fingerprint density at radius 2 is 1.94 bits per heavy atom. The Kier molecular flexibility index (Phi) is 6.62. The molecule has 3 aromatic rings. The summed E-state index contributed by atoms with van der Waals surface area (Å²) < 4.78 is 6.92. The summed E-state index contributed by atoms with van der Waals surface area (Å²) in [5, 5.41) is 2.93. The molecule has 6 nitrogen and oxygen atoms in total. The number of nitrogens with one attached hydrogen (secondary N) is 1. The summed E-state index contributed by atoms with van der Waals surface area (Å²) in [4.78, 5) is 31.4. The molecule has 0 saturated carbocycles. The number of benzene rings is 2. The van der Waals surface area contributed by atoms with Crippen LogP contribution in [0.4, 0.5) is 5.82 Å². The smallest absolute Gasteiger partial charge is 0.274 e. The summed E-state index contributed by atoms with van der Waals surface area (Å²) in [5.41, 5.74) is 1.81. The molecule has 1 N–H and O–H groups in total. The quantitative estimate of drug-likeness (QED) is 0.544. The van der Waals surface area contributed by atoms with Gasteiger partial charge in [0.05, 0.1) is 0 Å². The number of ether oxygens (including phenoxy) is 1. The molecular formula is C24H22BrN3O3.